The minimum atomic E-state index is -4.67. The monoisotopic (exact) mass is 446 g/mol. The maximum absolute atomic E-state index is 13.2. The first kappa shape index (κ1) is 23.4. The van der Waals surface area contributed by atoms with Crippen molar-refractivity contribution in [1.82, 2.24) is 14.8 Å². The van der Waals surface area contributed by atoms with Gasteiger partial charge in [0, 0.05) is 44.3 Å². The Morgan fingerprint density at radius 3 is 2.43 bits per heavy atom. The van der Waals surface area contributed by atoms with E-state index in [1.807, 2.05) is 0 Å². The topological polar surface area (TPSA) is 65.5 Å². The lowest BCUT2D eigenvalue weighted by atomic mass is 10.1. The zero-order valence-corrected chi connectivity index (χ0v) is 16.5. The van der Waals surface area contributed by atoms with Crippen LogP contribution in [0.3, 0.4) is 0 Å². The fraction of sp³-hybridized carbons (Fsp3) is 0.316. The second-order valence-electron chi connectivity index (χ2n) is 6.49. The summed E-state index contributed by atoms with van der Waals surface area (Å²) in [6, 6.07) is 5.72. The number of aromatic nitrogens is 1. The Hall–Kier alpha value is -2.88. The number of halogens is 5. The number of carbonyl (C=O) groups is 2. The summed E-state index contributed by atoms with van der Waals surface area (Å²) in [4.78, 5) is 31.4. The lowest BCUT2D eigenvalue weighted by molar-refractivity contribution is -0.138. The molecule has 0 spiro atoms. The van der Waals surface area contributed by atoms with Gasteiger partial charge >= 0.3 is 12.2 Å². The summed E-state index contributed by atoms with van der Waals surface area (Å²) in [6.07, 6.45) is -2.38. The molecule has 1 aliphatic rings. The van der Waals surface area contributed by atoms with Crippen molar-refractivity contribution in [3.63, 3.8) is 0 Å². The number of benzene rings is 1. The maximum Gasteiger partial charge on any atom is 0.417 e. The predicted molar refractivity (Wildman–Crippen MR) is 104 cm³/mol. The summed E-state index contributed by atoms with van der Waals surface area (Å²) in [7, 11) is 0. The molecule has 1 aromatic heterocycles. The molecule has 3 amide bonds. The van der Waals surface area contributed by atoms with Gasteiger partial charge in [0.1, 0.15) is 5.82 Å². The second-order valence-corrected chi connectivity index (χ2v) is 6.49. The molecule has 1 aromatic carbocycles. The van der Waals surface area contributed by atoms with E-state index < -0.39 is 35.1 Å². The van der Waals surface area contributed by atoms with E-state index in [9.17, 15) is 27.2 Å². The molecule has 3 rings (SSSR count). The summed E-state index contributed by atoms with van der Waals surface area (Å²) >= 11 is 0. The summed E-state index contributed by atoms with van der Waals surface area (Å²) in [5.41, 5.74) is -1.27. The molecule has 11 heteroatoms. The highest BCUT2D eigenvalue weighted by molar-refractivity contribution is 5.95. The molecule has 6 nitrogen and oxygen atoms in total. The van der Waals surface area contributed by atoms with Gasteiger partial charge in [-0.15, -0.1) is 12.4 Å². The maximum atomic E-state index is 13.2. The zero-order valence-electron chi connectivity index (χ0n) is 15.7. The summed E-state index contributed by atoms with van der Waals surface area (Å²) in [5, 5.41) is 2.57. The van der Waals surface area contributed by atoms with Crippen molar-refractivity contribution in [2.75, 3.05) is 31.5 Å². The van der Waals surface area contributed by atoms with Gasteiger partial charge in [0.05, 0.1) is 11.1 Å². The second kappa shape index (κ2) is 9.75. The van der Waals surface area contributed by atoms with E-state index in [2.05, 4.69) is 10.3 Å². The highest BCUT2D eigenvalue weighted by Gasteiger charge is 2.36. The van der Waals surface area contributed by atoms with Crippen LogP contribution in [0.15, 0.2) is 42.7 Å². The molecule has 0 unspecified atom stereocenters. The van der Waals surface area contributed by atoms with Crippen LogP contribution in [-0.4, -0.2) is 52.9 Å². The number of nitrogens with one attached hydrogen (secondary N) is 1. The smallest absolute Gasteiger partial charge is 0.337 e. The zero-order chi connectivity index (χ0) is 21.0. The van der Waals surface area contributed by atoms with Crippen LogP contribution in [0.4, 0.5) is 28.0 Å². The Bertz CT molecular complexity index is 910. The molecular formula is C19H19ClF4N4O2. The third kappa shape index (κ3) is 5.59. The van der Waals surface area contributed by atoms with Crippen molar-refractivity contribution >= 4 is 30.0 Å². The van der Waals surface area contributed by atoms with E-state index in [-0.39, 0.29) is 37.7 Å². The Morgan fingerprint density at radius 2 is 1.73 bits per heavy atom. The Labute approximate surface area is 176 Å². The lowest BCUT2D eigenvalue weighted by Crippen LogP contribution is -2.39. The van der Waals surface area contributed by atoms with Crippen LogP contribution in [0.1, 0.15) is 22.3 Å². The number of rotatable bonds is 2. The van der Waals surface area contributed by atoms with Gasteiger partial charge in [0.15, 0.2) is 0 Å². The Morgan fingerprint density at radius 1 is 1.03 bits per heavy atom. The quantitative estimate of drug-likeness (QED) is 0.708. The van der Waals surface area contributed by atoms with Crippen molar-refractivity contribution in [2.24, 2.45) is 0 Å². The van der Waals surface area contributed by atoms with Gasteiger partial charge in [-0.25, -0.2) is 9.18 Å². The van der Waals surface area contributed by atoms with E-state index in [0.717, 1.165) is 18.5 Å². The van der Waals surface area contributed by atoms with Crippen LogP contribution >= 0.6 is 12.4 Å². The molecule has 162 valence electrons. The average molecular weight is 447 g/mol. The summed E-state index contributed by atoms with van der Waals surface area (Å²) in [6.45, 7) is 0.717. The first-order valence-electron chi connectivity index (χ1n) is 8.87. The third-order valence-electron chi connectivity index (χ3n) is 4.50. The lowest BCUT2D eigenvalue weighted by Gasteiger charge is -2.23. The highest BCUT2D eigenvalue weighted by atomic mass is 35.5. The largest absolute Gasteiger partial charge is 0.417 e. The number of pyridine rings is 1. The Balaban J connectivity index is 0.00000320. The van der Waals surface area contributed by atoms with Gasteiger partial charge in [-0.1, -0.05) is 6.07 Å². The summed E-state index contributed by atoms with van der Waals surface area (Å²) in [5.74, 6) is -1.27. The number of alkyl halides is 3. The van der Waals surface area contributed by atoms with Gasteiger partial charge in [-0.2, -0.15) is 13.2 Å². The van der Waals surface area contributed by atoms with E-state index in [4.69, 9.17) is 0 Å². The molecule has 0 atom stereocenters. The fourth-order valence-electron chi connectivity index (χ4n) is 3.07. The van der Waals surface area contributed by atoms with Gasteiger partial charge in [-0.3, -0.25) is 9.78 Å². The molecule has 0 aliphatic carbocycles. The van der Waals surface area contributed by atoms with Crippen molar-refractivity contribution in [3.05, 3.63) is 59.7 Å². The SMILES string of the molecule is Cl.O=C(Nc1cccc(F)c1)N1CCCN(C(=O)c2cnccc2C(F)(F)F)CC1. The minimum absolute atomic E-state index is 0. The molecule has 0 bridgehead atoms. The van der Waals surface area contributed by atoms with Crippen LogP contribution in [0.2, 0.25) is 0 Å². The van der Waals surface area contributed by atoms with E-state index in [1.165, 1.54) is 34.1 Å². The molecule has 0 radical (unpaired) electrons. The number of nitrogens with zero attached hydrogens (tertiary/aromatic N) is 3. The number of hydrogen-bond acceptors (Lipinski definition) is 3. The van der Waals surface area contributed by atoms with Crippen molar-refractivity contribution in [1.29, 1.82) is 0 Å². The van der Waals surface area contributed by atoms with Crippen LogP contribution in [0, 0.1) is 5.82 Å². The molecule has 30 heavy (non-hydrogen) atoms. The van der Waals surface area contributed by atoms with Gasteiger partial charge < -0.3 is 15.1 Å². The van der Waals surface area contributed by atoms with Crippen LogP contribution in [0.25, 0.3) is 0 Å². The van der Waals surface area contributed by atoms with Gasteiger partial charge in [0.2, 0.25) is 0 Å². The number of hydrogen-bond donors (Lipinski definition) is 1. The molecule has 0 saturated carbocycles. The van der Waals surface area contributed by atoms with Crippen molar-refractivity contribution in [2.45, 2.75) is 12.6 Å². The number of urea groups is 1. The highest BCUT2D eigenvalue weighted by Crippen LogP contribution is 2.32. The number of amides is 3. The number of anilines is 1. The van der Waals surface area contributed by atoms with Crippen molar-refractivity contribution in [3.8, 4) is 0 Å². The standard InChI is InChI=1S/C19H18F4N4O2.ClH/c20-13-3-1-4-14(11-13)25-18(29)27-8-2-7-26(9-10-27)17(28)15-12-24-6-5-16(15)19(21,22)23;/h1,3-6,11-12H,2,7-10H2,(H,25,29);1H. The Kier molecular flexibility index (Phi) is 7.60. The van der Waals surface area contributed by atoms with Crippen LogP contribution in [0.5, 0.6) is 0 Å². The van der Waals surface area contributed by atoms with Crippen LogP contribution in [-0.2, 0) is 6.18 Å². The van der Waals surface area contributed by atoms with E-state index in [0.29, 0.717) is 13.0 Å². The number of carbonyl (C=O) groups excluding carboxylic acids is 2. The molecule has 1 fully saturated rings. The van der Waals surface area contributed by atoms with Crippen molar-refractivity contribution < 1.29 is 27.2 Å². The molecule has 1 aliphatic heterocycles. The molecule has 2 aromatic rings. The normalized spacial score (nSPS) is 14.5. The van der Waals surface area contributed by atoms with Crippen LogP contribution < -0.4 is 5.32 Å². The molecular weight excluding hydrogens is 428 g/mol. The average Bonchev–Trinajstić information content (AvgIpc) is 2.93. The third-order valence-corrected chi connectivity index (χ3v) is 4.50. The predicted octanol–water partition coefficient (Wildman–Crippen LogP) is 4.04. The molecule has 2 heterocycles. The van der Waals surface area contributed by atoms with E-state index in [1.54, 1.807) is 0 Å². The fourth-order valence-corrected chi connectivity index (χ4v) is 3.07. The minimum Gasteiger partial charge on any atom is -0.337 e. The molecule has 1 N–H and O–H groups in total. The first-order chi connectivity index (χ1) is 13.8. The van der Waals surface area contributed by atoms with E-state index >= 15 is 0 Å². The first-order valence-corrected chi connectivity index (χ1v) is 8.87. The summed E-state index contributed by atoms with van der Waals surface area (Å²) < 4.78 is 52.8. The molecule has 1 saturated heterocycles. The van der Waals surface area contributed by atoms with Gasteiger partial charge in [0.25, 0.3) is 5.91 Å². The van der Waals surface area contributed by atoms with Gasteiger partial charge in [-0.05, 0) is 30.7 Å².